The summed E-state index contributed by atoms with van der Waals surface area (Å²) in [5.74, 6) is 3.96. The summed E-state index contributed by atoms with van der Waals surface area (Å²) in [6, 6.07) is 15.5. The molecule has 3 aromatic rings. The predicted octanol–water partition coefficient (Wildman–Crippen LogP) is 5.05. The second kappa shape index (κ2) is 13.0. The molecule has 2 heterocycles. The maximum Gasteiger partial charge on any atom is 0.241 e. The van der Waals surface area contributed by atoms with Crippen LogP contribution in [0.25, 0.3) is 11.4 Å². The van der Waals surface area contributed by atoms with E-state index >= 15 is 0 Å². The molecule has 1 aliphatic rings. The Hall–Kier alpha value is -2.55. The molecule has 2 aromatic carbocycles. The molecule has 1 atom stereocenters. The van der Waals surface area contributed by atoms with Crippen molar-refractivity contribution in [2.75, 3.05) is 32.5 Å². The van der Waals surface area contributed by atoms with Crippen LogP contribution in [0.5, 0.6) is 5.75 Å². The predicted molar refractivity (Wildman–Crippen MR) is 140 cm³/mol. The lowest BCUT2D eigenvalue weighted by Crippen LogP contribution is -2.43. The average Bonchev–Trinajstić information content (AvgIpc) is 3.34. The van der Waals surface area contributed by atoms with Crippen LogP contribution >= 0.6 is 23.4 Å². The molecule has 1 aromatic heterocycles. The van der Waals surface area contributed by atoms with Gasteiger partial charge in [-0.3, -0.25) is 9.69 Å². The molecule has 1 fully saturated rings. The number of methoxy groups -OCH3 is 1. The number of benzene rings is 2. The summed E-state index contributed by atoms with van der Waals surface area (Å²) in [4.78, 5) is 19.5. The number of carbonyl (C=O) groups excluding carboxylic acids is 1. The van der Waals surface area contributed by atoms with Crippen LogP contribution in [0, 0.1) is 5.92 Å². The monoisotopic (exact) mass is 514 g/mol. The maximum atomic E-state index is 12.7. The largest absolute Gasteiger partial charge is 0.497 e. The third kappa shape index (κ3) is 7.72. The van der Waals surface area contributed by atoms with Crippen LogP contribution < -0.4 is 10.1 Å². The molecule has 0 bridgehead atoms. The molecule has 7 nitrogen and oxygen atoms in total. The fourth-order valence-electron chi connectivity index (χ4n) is 4.13. The summed E-state index contributed by atoms with van der Waals surface area (Å²) in [5.41, 5.74) is 2.11. The zero-order chi connectivity index (χ0) is 24.5. The smallest absolute Gasteiger partial charge is 0.241 e. The summed E-state index contributed by atoms with van der Waals surface area (Å²) in [7, 11) is 1.64. The minimum atomic E-state index is -0.00755. The van der Waals surface area contributed by atoms with Gasteiger partial charge in [-0.05, 0) is 73.5 Å². The van der Waals surface area contributed by atoms with Crippen LogP contribution in [0.15, 0.2) is 53.1 Å². The molecule has 1 aliphatic heterocycles. The van der Waals surface area contributed by atoms with Gasteiger partial charge in [-0.2, -0.15) is 16.7 Å². The number of hydrogen-bond acceptors (Lipinski definition) is 7. The first-order chi connectivity index (χ1) is 17.1. The van der Waals surface area contributed by atoms with E-state index in [1.54, 1.807) is 7.11 Å². The van der Waals surface area contributed by atoms with E-state index in [-0.39, 0.29) is 11.8 Å². The van der Waals surface area contributed by atoms with Crippen molar-refractivity contribution < 1.29 is 14.1 Å². The van der Waals surface area contributed by atoms with Gasteiger partial charge in [0.2, 0.25) is 17.6 Å². The lowest BCUT2D eigenvalue weighted by molar-refractivity contribution is -0.126. The van der Waals surface area contributed by atoms with Crippen LogP contribution in [0.4, 0.5) is 0 Å². The first kappa shape index (κ1) is 25.5. The molecule has 0 saturated carbocycles. The SMILES string of the molecule is COc1ccc(-c2noc(CN3CCCC(C(=O)NCCCSCc4cccc(Cl)c4)C3)n2)cc1. The molecular weight excluding hydrogens is 484 g/mol. The van der Waals surface area contributed by atoms with Gasteiger partial charge in [-0.1, -0.05) is 28.9 Å². The fraction of sp³-hybridized carbons (Fsp3) is 0.423. The van der Waals surface area contributed by atoms with E-state index in [1.165, 1.54) is 5.56 Å². The highest BCUT2D eigenvalue weighted by Crippen LogP contribution is 2.22. The number of piperidine rings is 1. The Morgan fingerprint density at radius 3 is 2.94 bits per heavy atom. The zero-order valence-electron chi connectivity index (χ0n) is 19.9. The minimum absolute atomic E-state index is 0.00755. The molecule has 35 heavy (non-hydrogen) atoms. The molecule has 186 valence electrons. The quantitative estimate of drug-likeness (QED) is 0.358. The van der Waals surface area contributed by atoms with Crippen LogP contribution in [0.3, 0.4) is 0 Å². The average molecular weight is 515 g/mol. The Balaban J connectivity index is 1.17. The van der Waals surface area contributed by atoms with E-state index in [0.29, 0.717) is 31.3 Å². The molecule has 9 heteroatoms. The fourth-order valence-corrected chi connectivity index (χ4v) is 5.25. The van der Waals surface area contributed by atoms with Crippen LogP contribution in [-0.2, 0) is 17.1 Å². The zero-order valence-corrected chi connectivity index (χ0v) is 21.5. The van der Waals surface area contributed by atoms with Crippen LogP contribution in [-0.4, -0.2) is 53.4 Å². The van der Waals surface area contributed by atoms with Crippen molar-refractivity contribution in [1.29, 1.82) is 0 Å². The number of rotatable bonds is 11. The molecular formula is C26H31ClN4O3S. The topological polar surface area (TPSA) is 80.5 Å². The lowest BCUT2D eigenvalue weighted by atomic mass is 9.97. The Morgan fingerprint density at radius 2 is 2.14 bits per heavy atom. The van der Waals surface area contributed by atoms with E-state index in [9.17, 15) is 4.79 Å². The van der Waals surface area contributed by atoms with Gasteiger partial charge in [0, 0.05) is 29.4 Å². The van der Waals surface area contributed by atoms with Crippen LogP contribution in [0.2, 0.25) is 5.02 Å². The summed E-state index contributed by atoms with van der Waals surface area (Å²) in [6.07, 6.45) is 2.84. The number of likely N-dealkylation sites (tertiary alicyclic amines) is 1. The molecule has 0 radical (unpaired) electrons. The van der Waals surface area contributed by atoms with Gasteiger partial charge in [0.15, 0.2) is 0 Å². The number of ether oxygens (including phenoxy) is 1. The number of halogens is 1. The van der Waals surface area contributed by atoms with E-state index in [2.05, 4.69) is 26.4 Å². The number of amides is 1. The molecule has 4 rings (SSSR count). The Bertz CT molecular complexity index is 1090. The van der Waals surface area contributed by atoms with Crippen molar-refractivity contribution in [3.05, 3.63) is 65.0 Å². The Labute approximate surface area is 215 Å². The first-order valence-corrected chi connectivity index (χ1v) is 13.4. The maximum absolute atomic E-state index is 12.7. The van der Waals surface area contributed by atoms with Crippen molar-refractivity contribution in [1.82, 2.24) is 20.4 Å². The second-order valence-corrected chi connectivity index (χ2v) is 10.2. The van der Waals surface area contributed by atoms with Gasteiger partial charge >= 0.3 is 0 Å². The van der Waals surface area contributed by atoms with Crippen molar-refractivity contribution in [3.63, 3.8) is 0 Å². The molecule has 1 amide bonds. The van der Waals surface area contributed by atoms with Gasteiger partial charge < -0.3 is 14.6 Å². The first-order valence-electron chi connectivity index (χ1n) is 11.9. The van der Waals surface area contributed by atoms with Crippen molar-refractivity contribution in [3.8, 4) is 17.1 Å². The molecule has 0 aliphatic carbocycles. The number of carbonyl (C=O) groups is 1. The number of nitrogens with zero attached hydrogens (tertiary/aromatic N) is 3. The van der Waals surface area contributed by atoms with E-state index in [4.69, 9.17) is 20.9 Å². The van der Waals surface area contributed by atoms with Gasteiger partial charge in [0.25, 0.3) is 0 Å². The third-order valence-electron chi connectivity index (χ3n) is 5.97. The number of hydrogen-bond donors (Lipinski definition) is 1. The van der Waals surface area contributed by atoms with Crippen molar-refractivity contribution in [2.24, 2.45) is 5.92 Å². The Kier molecular flexibility index (Phi) is 9.45. The van der Waals surface area contributed by atoms with Crippen molar-refractivity contribution in [2.45, 2.75) is 31.6 Å². The highest BCUT2D eigenvalue weighted by molar-refractivity contribution is 7.98. The molecule has 0 spiro atoms. The molecule has 1 saturated heterocycles. The van der Waals surface area contributed by atoms with Gasteiger partial charge in [-0.15, -0.1) is 0 Å². The Morgan fingerprint density at radius 1 is 1.29 bits per heavy atom. The summed E-state index contributed by atoms with van der Waals surface area (Å²) in [6.45, 7) is 2.87. The van der Waals surface area contributed by atoms with E-state index in [0.717, 1.165) is 53.6 Å². The highest BCUT2D eigenvalue weighted by Gasteiger charge is 2.26. The standard InChI is InChI=1S/C26H31ClN4O3S/c1-33-23-10-8-20(9-11-23)25-29-24(34-30-25)17-31-13-3-6-21(16-31)26(32)28-12-4-14-35-18-19-5-2-7-22(27)15-19/h2,5,7-11,15,21H,3-4,6,12-14,16-18H2,1H3,(H,28,32). The second-order valence-electron chi connectivity index (χ2n) is 8.64. The summed E-state index contributed by atoms with van der Waals surface area (Å²) >= 11 is 7.89. The molecule has 1 N–H and O–H groups in total. The van der Waals surface area contributed by atoms with E-state index in [1.807, 2.05) is 54.2 Å². The van der Waals surface area contributed by atoms with Gasteiger partial charge in [0.05, 0.1) is 19.6 Å². The van der Waals surface area contributed by atoms with Crippen LogP contribution in [0.1, 0.15) is 30.7 Å². The van der Waals surface area contributed by atoms with Crippen molar-refractivity contribution >= 4 is 29.3 Å². The normalized spacial score (nSPS) is 16.2. The number of aromatic nitrogens is 2. The number of thioether (sulfide) groups is 1. The number of nitrogens with one attached hydrogen (secondary N) is 1. The third-order valence-corrected chi connectivity index (χ3v) is 7.32. The van der Waals surface area contributed by atoms with E-state index < -0.39 is 0 Å². The van der Waals surface area contributed by atoms with Gasteiger partial charge in [-0.25, -0.2) is 0 Å². The summed E-state index contributed by atoms with van der Waals surface area (Å²) in [5, 5.41) is 8.00. The minimum Gasteiger partial charge on any atom is -0.497 e. The summed E-state index contributed by atoms with van der Waals surface area (Å²) < 4.78 is 10.7. The highest BCUT2D eigenvalue weighted by atomic mass is 35.5. The van der Waals surface area contributed by atoms with Gasteiger partial charge in [0.1, 0.15) is 5.75 Å². The lowest BCUT2D eigenvalue weighted by Gasteiger charge is -2.30. The molecule has 1 unspecified atom stereocenters.